The Bertz CT molecular complexity index is 280. The van der Waals surface area contributed by atoms with Crippen LogP contribution >= 0.6 is 12.4 Å². The van der Waals surface area contributed by atoms with Crippen LogP contribution in [0.4, 0.5) is 0 Å². The van der Waals surface area contributed by atoms with Gasteiger partial charge in [-0.25, -0.2) is 0 Å². The monoisotopic (exact) mass is 227 g/mol. The molecule has 0 atom stereocenters. The van der Waals surface area contributed by atoms with Crippen LogP contribution in [0.5, 0.6) is 5.75 Å². The van der Waals surface area contributed by atoms with Gasteiger partial charge < -0.3 is 10.5 Å². The Labute approximate surface area is 97.2 Å². The molecule has 0 aliphatic heterocycles. The summed E-state index contributed by atoms with van der Waals surface area (Å²) in [6.07, 6.45) is 5.48. The van der Waals surface area contributed by atoms with E-state index in [0.717, 1.165) is 11.3 Å². The van der Waals surface area contributed by atoms with E-state index in [1.54, 1.807) is 0 Å². The van der Waals surface area contributed by atoms with Crippen molar-refractivity contribution in [3.8, 4) is 5.75 Å². The number of ether oxygens (including phenoxy) is 1. The van der Waals surface area contributed by atoms with Gasteiger partial charge in [0.2, 0.25) is 0 Å². The lowest BCUT2D eigenvalue weighted by atomic mass is 10.2. The van der Waals surface area contributed by atoms with Crippen molar-refractivity contribution in [3.63, 3.8) is 0 Å². The van der Waals surface area contributed by atoms with Gasteiger partial charge in [0, 0.05) is 6.54 Å². The van der Waals surface area contributed by atoms with Crippen LogP contribution < -0.4 is 10.5 Å². The molecule has 3 heteroatoms. The molecule has 0 amide bonds. The minimum atomic E-state index is 0. The number of benzene rings is 1. The van der Waals surface area contributed by atoms with E-state index in [4.69, 9.17) is 10.5 Å². The van der Waals surface area contributed by atoms with Crippen molar-refractivity contribution in [2.24, 2.45) is 5.73 Å². The molecule has 0 unspecified atom stereocenters. The predicted molar refractivity (Wildman–Crippen MR) is 64.5 cm³/mol. The van der Waals surface area contributed by atoms with Crippen molar-refractivity contribution in [1.82, 2.24) is 0 Å². The zero-order chi connectivity index (χ0) is 9.80. The van der Waals surface area contributed by atoms with Gasteiger partial charge >= 0.3 is 0 Å². The Morgan fingerprint density at radius 3 is 2.27 bits per heavy atom. The molecule has 1 aromatic rings. The molecule has 15 heavy (non-hydrogen) atoms. The average Bonchev–Trinajstić information content (AvgIpc) is 2.72. The van der Waals surface area contributed by atoms with Crippen LogP contribution in [0.25, 0.3) is 0 Å². The van der Waals surface area contributed by atoms with Gasteiger partial charge in [0.05, 0.1) is 6.10 Å². The van der Waals surface area contributed by atoms with E-state index in [9.17, 15) is 0 Å². The fourth-order valence-electron chi connectivity index (χ4n) is 1.90. The molecule has 1 aromatic carbocycles. The highest BCUT2D eigenvalue weighted by Gasteiger charge is 2.15. The molecular formula is C12H18ClNO. The van der Waals surface area contributed by atoms with Crippen molar-refractivity contribution < 1.29 is 4.74 Å². The van der Waals surface area contributed by atoms with Crippen molar-refractivity contribution >= 4 is 12.4 Å². The van der Waals surface area contributed by atoms with Gasteiger partial charge in [-0.1, -0.05) is 12.1 Å². The third-order valence-electron chi connectivity index (χ3n) is 2.76. The van der Waals surface area contributed by atoms with Crippen molar-refractivity contribution in [2.75, 3.05) is 0 Å². The summed E-state index contributed by atoms with van der Waals surface area (Å²) in [5.41, 5.74) is 6.68. The van der Waals surface area contributed by atoms with Gasteiger partial charge in [-0.2, -0.15) is 0 Å². The first-order valence-corrected chi connectivity index (χ1v) is 5.34. The van der Waals surface area contributed by atoms with E-state index in [1.165, 1.54) is 25.7 Å². The third-order valence-corrected chi connectivity index (χ3v) is 2.76. The summed E-state index contributed by atoms with van der Waals surface area (Å²) in [5, 5.41) is 0. The Morgan fingerprint density at radius 1 is 1.13 bits per heavy atom. The highest BCUT2D eigenvalue weighted by Crippen LogP contribution is 2.24. The molecule has 2 nitrogen and oxygen atoms in total. The van der Waals surface area contributed by atoms with Crippen molar-refractivity contribution in [3.05, 3.63) is 29.8 Å². The van der Waals surface area contributed by atoms with E-state index >= 15 is 0 Å². The second-order valence-electron chi connectivity index (χ2n) is 3.87. The third kappa shape index (κ3) is 3.40. The van der Waals surface area contributed by atoms with Gasteiger partial charge in [0.15, 0.2) is 0 Å². The highest BCUT2D eigenvalue weighted by atomic mass is 35.5. The summed E-state index contributed by atoms with van der Waals surface area (Å²) < 4.78 is 5.83. The molecule has 0 heterocycles. The Balaban J connectivity index is 0.00000112. The second-order valence-corrected chi connectivity index (χ2v) is 3.87. The topological polar surface area (TPSA) is 35.2 Å². The minimum absolute atomic E-state index is 0. The molecule has 2 N–H and O–H groups in total. The second kappa shape index (κ2) is 5.99. The first-order valence-electron chi connectivity index (χ1n) is 5.34. The zero-order valence-electron chi connectivity index (χ0n) is 8.82. The first kappa shape index (κ1) is 12.3. The molecule has 1 fully saturated rings. The summed E-state index contributed by atoms with van der Waals surface area (Å²) >= 11 is 0. The fourth-order valence-corrected chi connectivity index (χ4v) is 1.90. The standard InChI is InChI=1S/C12H17NO.ClH/c13-9-10-5-7-12(8-6-10)14-11-3-1-2-4-11;/h5-8,11H,1-4,9,13H2;1H. The maximum atomic E-state index is 5.83. The molecule has 0 spiro atoms. The van der Waals surface area contributed by atoms with E-state index in [-0.39, 0.29) is 12.4 Å². The van der Waals surface area contributed by atoms with Crippen LogP contribution in [0.1, 0.15) is 31.2 Å². The lowest BCUT2D eigenvalue weighted by molar-refractivity contribution is 0.210. The van der Waals surface area contributed by atoms with Gasteiger partial charge in [0.25, 0.3) is 0 Å². The summed E-state index contributed by atoms with van der Waals surface area (Å²) in [4.78, 5) is 0. The molecule has 0 radical (unpaired) electrons. The molecule has 0 saturated heterocycles. The van der Waals surface area contributed by atoms with E-state index in [1.807, 2.05) is 24.3 Å². The number of halogens is 1. The minimum Gasteiger partial charge on any atom is -0.490 e. The van der Waals surface area contributed by atoms with Crippen LogP contribution in [-0.4, -0.2) is 6.10 Å². The summed E-state index contributed by atoms with van der Waals surface area (Å²) in [6.45, 7) is 0.601. The molecule has 2 rings (SSSR count). The number of hydrogen-bond donors (Lipinski definition) is 1. The van der Waals surface area contributed by atoms with Crippen LogP contribution in [0.3, 0.4) is 0 Å². The number of rotatable bonds is 3. The average molecular weight is 228 g/mol. The first-order chi connectivity index (χ1) is 6.88. The fraction of sp³-hybridized carbons (Fsp3) is 0.500. The Morgan fingerprint density at radius 2 is 1.73 bits per heavy atom. The summed E-state index contributed by atoms with van der Waals surface area (Å²) in [7, 11) is 0. The molecule has 1 saturated carbocycles. The molecular weight excluding hydrogens is 210 g/mol. The van der Waals surface area contributed by atoms with Crippen molar-refractivity contribution in [2.45, 2.75) is 38.3 Å². The predicted octanol–water partition coefficient (Wildman–Crippen LogP) is 2.89. The van der Waals surface area contributed by atoms with E-state index in [0.29, 0.717) is 12.6 Å². The zero-order valence-corrected chi connectivity index (χ0v) is 9.63. The molecule has 84 valence electrons. The molecule has 0 bridgehead atoms. The molecule has 1 aliphatic rings. The van der Waals surface area contributed by atoms with Gasteiger partial charge in [-0.15, -0.1) is 12.4 Å². The maximum absolute atomic E-state index is 5.83. The van der Waals surface area contributed by atoms with Crippen LogP contribution in [-0.2, 0) is 6.54 Å². The number of nitrogens with two attached hydrogens (primary N) is 1. The maximum Gasteiger partial charge on any atom is 0.119 e. The van der Waals surface area contributed by atoms with Gasteiger partial charge in [-0.3, -0.25) is 0 Å². The summed E-state index contributed by atoms with van der Waals surface area (Å²) in [6, 6.07) is 8.09. The van der Waals surface area contributed by atoms with E-state index in [2.05, 4.69) is 0 Å². The lowest BCUT2D eigenvalue weighted by Gasteiger charge is -2.12. The quantitative estimate of drug-likeness (QED) is 0.862. The highest BCUT2D eigenvalue weighted by molar-refractivity contribution is 5.85. The SMILES string of the molecule is Cl.NCc1ccc(OC2CCCC2)cc1. The Kier molecular flexibility index (Phi) is 4.92. The van der Waals surface area contributed by atoms with Crippen LogP contribution in [0.15, 0.2) is 24.3 Å². The van der Waals surface area contributed by atoms with Gasteiger partial charge in [0.1, 0.15) is 5.75 Å². The van der Waals surface area contributed by atoms with E-state index < -0.39 is 0 Å². The van der Waals surface area contributed by atoms with Crippen molar-refractivity contribution in [1.29, 1.82) is 0 Å². The normalized spacial score (nSPS) is 16.1. The summed E-state index contributed by atoms with van der Waals surface area (Å²) in [5.74, 6) is 0.981. The number of hydrogen-bond acceptors (Lipinski definition) is 2. The van der Waals surface area contributed by atoms with Crippen LogP contribution in [0.2, 0.25) is 0 Å². The smallest absolute Gasteiger partial charge is 0.119 e. The molecule has 0 aromatic heterocycles. The van der Waals surface area contributed by atoms with Crippen LogP contribution in [0, 0.1) is 0 Å². The Hall–Kier alpha value is -0.730. The largest absolute Gasteiger partial charge is 0.490 e. The lowest BCUT2D eigenvalue weighted by Crippen LogP contribution is -2.10. The van der Waals surface area contributed by atoms with Gasteiger partial charge in [-0.05, 0) is 43.4 Å². The molecule has 1 aliphatic carbocycles.